The zero-order valence-electron chi connectivity index (χ0n) is 28.6. The number of carboxylic acid groups (broad SMARTS) is 1. The zero-order chi connectivity index (χ0) is 36.5. The van der Waals surface area contributed by atoms with Crippen LogP contribution < -0.4 is 10.2 Å². The average Bonchev–Trinajstić information content (AvgIpc) is 3.59. The lowest BCUT2D eigenvalue weighted by Gasteiger charge is -2.38. The molecule has 51 heavy (non-hydrogen) atoms. The van der Waals surface area contributed by atoms with Crippen molar-refractivity contribution in [3.05, 3.63) is 99.5 Å². The number of anilines is 1. The predicted octanol–water partition coefficient (Wildman–Crippen LogP) is 6.79. The van der Waals surface area contributed by atoms with Gasteiger partial charge in [-0.1, -0.05) is 57.2 Å². The van der Waals surface area contributed by atoms with Crippen LogP contribution >= 0.6 is 11.3 Å². The minimum absolute atomic E-state index is 0.108. The molecule has 1 atom stereocenters. The fourth-order valence-electron chi connectivity index (χ4n) is 6.40. The first-order valence-corrected chi connectivity index (χ1v) is 17.7. The van der Waals surface area contributed by atoms with E-state index in [1.807, 2.05) is 30.3 Å². The maximum absolute atomic E-state index is 13.5. The van der Waals surface area contributed by atoms with Gasteiger partial charge in [-0.3, -0.25) is 14.4 Å². The van der Waals surface area contributed by atoms with Crippen LogP contribution in [0, 0.1) is 5.92 Å². The third kappa shape index (κ3) is 8.41. The Bertz CT molecular complexity index is 1860. The summed E-state index contributed by atoms with van der Waals surface area (Å²) in [6.07, 6.45) is 1.03. The van der Waals surface area contributed by atoms with E-state index in [2.05, 4.69) is 41.0 Å². The van der Waals surface area contributed by atoms with Crippen molar-refractivity contribution in [2.24, 2.45) is 5.92 Å². The Labute approximate surface area is 298 Å². The number of carbonyl (C=O) groups excluding carboxylic acids is 2. The Balaban J connectivity index is 1.08. The second-order valence-corrected chi connectivity index (χ2v) is 15.3. The minimum Gasteiger partial charge on any atom is -0.481 e. The fraction of sp³-hybridized carbons (Fsp3) is 0.395. The van der Waals surface area contributed by atoms with Gasteiger partial charge in [-0.2, -0.15) is 13.2 Å². The van der Waals surface area contributed by atoms with Crippen LogP contribution in [0.2, 0.25) is 0 Å². The van der Waals surface area contributed by atoms with Crippen LogP contribution in [-0.4, -0.2) is 70.0 Å². The van der Waals surface area contributed by atoms with E-state index in [4.69, 9.17) is 0 Å². The summed E-state index contributed by atoms with van der Waals surface area (Å²) < 4.78 is 38.8. The number of benzene rings is 2. The SMILES string of the molecule is CC(C)(C)c1ccc(C(=O)N[C@@H](Cc2ccc(-c3ncc(N4CCC(c5ccc(C(F)(F)F)cc5)CC4)cn3)cc2)C(=O)N2CC(C(=O)O)C2)s1. The fourth-order valence-corrected chi connectivity index (χ4v) is 7.37. The molecule has 9 nitrogen and oxygen atoms in total. The normalized spacial score (nSPS) is 16.4. The second kappa shape index (κ2) is 14.5. The first-order valence-electron chi connectivity index (χ1n) is 16.9. The molecule has 2 aliphatic rings. The molecule has 0 radical (unpaired) electrons. The molecule has 0 spiro atoms. The lowest BCUT2D eigenvalue weighted by molar-refractivity contribution is -0.153. The summed E-state index contributed by atoms with van der Waals surface area (Å²) in [6, 6.07) is 15.7. The number of aliphatic carboxylic acids is 1. The van der Waals surface area contributed by atoms with Gasteiger partial charge < -0.3 is 20.2 Å². The molecular formula is C38H40F3N5O4S. The lowest BCUT2D eigenvalue weighted by Crippen LogP contribution is -2.59. The molecular weight excluding hydrogens is 680 g/mol. The van der Waals surface area contributed by atoms with Crippen LogP contribution in [0.25, 0.3) is 11.4 Å². The summed E-state index contributed by atoms with van der Waals surface area (Å²) in [6.45, 7) is 7.89. The Morgan fingerprint density at radius 1 is 0.922 bits per heavy atom. The minimum atomic E-state index is -4.34. The highest BCUT2D eigenvalue weighted by atomic mass is 32.1. The molecule has 0 bridgehead atoms. The highest BCUT2D eigenvalue weighted by molar-refractivity contribution is 7.14. The van der Waals surface area contributed by atoms with E-state index in [-0.39, 0.29) is 42.7 Å². The zero-order valence-corrected chi connectivity index (χ0v) is 29.4. The number of hydrogen-bond donors (Lipinski definition) is 2. The van der Waals surface area contributed by atoms with Gasteiger partial charge in [0.1, 0.15) is 6.04 Å². The second-order valence-electron chi connectivity index (χ2n) is 14.3. The molecule has 268 valence electrons. The molecule has 2 aliphatic heterocycles. The van der Waals surface area contributed by atoms with Crippen LogP contribution in [0.3, 0.4) is 0 Å². The van der Waals surface area contributed by atoms with Crippen molar-refractivity contribution in [1.82, 2.24) is 20.2 Å². The van der Waals surface area contributed by atoms with Crippen LogP contribution in [-0.2, 0) is 27.6 Å². The molecule has 4 aromatic rings. The number of nitrogens with one attached hydrogen (secondary N) is 1. The van der Waals surface area contributed by atoms with Crippen LogP contribution in [0.1, 0.15) is 70.8 Å². The van der Waals surface area contributed by atoms with Crippen molar-refractivity contribution in [3.63, 3.8) is 0 Å². The number of nitrogens with zero attached hydrogens (tertiary/aromatic N) is 4. The number of carboxylic acids is 1. The van der Waals surface area contributed by atoms with E-state index in [0.29, 0.717) is 10.7 Å². The van der Waals surface area contributed by atoms with Crippen LogP contribution in [0.5, 0.6) is 0 Å². The first kappa shape index (κ1) is 36.0. The van der Waals surface area contributed by atoms with Crippen molar-refractivity contribution >= 4 is 34.8 Å². The van der Waals surface area contributed by atoms with Gasteiger partial charge in [0, 0.05) is 43.0 Å². The molecule has 2 N–H and O–H groups in total. The number of carbonyl (C=O) groups is 3. The standard InChI is InChI=1S/C38H40F3N5O4S/c1-37(2,3)32-13-12-31(51-32)34(47)44-30(35(48)46-21-27(22-46)36(49)50)18-23-4-6-26(7-5-23)33-42-19-29(20-43-33)45-16-14-25(15-17-45)24-8-10-28(11-9-24)38(39,40)41/h4-13,19-20,25,27,30H,14-18,21-22H2,1-3H3,(H,44,47)(H,49,50)/t30-/m0/s1. The number of piperidine rings is 1. The Morgan fingerprint density at radius 2 is 1.55 bits per heavy atom. The molecule has 0 aliphatic carbocycles. The van der Waals surface area contributed by atoms with Crippen LogP contribution in [0.15, 0.2) is 73.1 Å². The number of amides is 2. The highest BCUT2D eigenvalue weighted by Gasteiger charge is 2.39. The largest absolute Gasteiger partial charge is 0.481 e. The number of likely N-dealkylation sites (tertiary alicyclic amines) is 1. The molecule has 4 heterocycles. The van der Waals surface area contributed by atoms with Gasteiger partial charge in [0.15, 0.2) is 5.82 Å². The maximum atomic E-state index is 13.5. The van der Waals surface area contributed by atoms with Crippen molar-refractivity contribution in [1.29, 1.82) is 0 Å². The number of aromatic nitrogens is 2. The summed E-state index contributed by atoms with van der Waals surface area (Å²) in [5.74, 6) is -1.51. The molecule has 2 saturated heterocycles. The van der Waals surface area contributed by atoms with E-state index in [1.165, 1.54) is 16.2 Å². The predicted molar refractivity (Wildman–Crippen MR) is 189 cm³/mol. The lowest BCUT2D eigenvalue weighted by atomic mass is 9.89. The topological polar surface area (TPSA) is 116 Å². The molecule has 2 aromatic heterocycles. The van der Waals surface area contributed by atoms with Gasteiger partial charge in [-0.25, -0.2) is 9.97 Å². The number of hydrogen-bond acceptors (Lipinski definition) is 7. The van der Waals surface area contributed by atoms with E-state index in [1.54, 1.807) is 30.6 Å². The van der Waals surface area contributed by atoms with E-state index >= 15 is 0 Å². The smallest absolute Gasteiger partial charge is 0.416 e. The number of thiophene rings is 1. The van der Waals surface area contributed by atoms with Crippen molar-refractivity contribution in [2.45, 2.75) is 63.6 Å². The first-order chi connectivity index (χ1) is 24.2. The van der Waals surface area contributed by atoms with Crippen molar-refractivity contribution in [3.8, 4) is 11.4 Å². The maximum Gasteiger partial charge on any atom is 0.416 e. The Morgan fingerprint density at radius 3 is 2.10 bits per heavy atom. The highest BCUT2D eigenvalue weighted by Crippen LogP contribution is 2.34. The van der Waals surface area contributed by atoms with Gasteiger partial charge in [0.05, 0.1) is 34.4 Å². The third-order valence-electron chi connectivity index (χ3n) is 9.57. The van der Waals surface area contributed by atoms with Gasteiger partial charge in [-0.15, -0.1) is 11.3 Å². The van der Waals surface area contributed by atoms with Gasteiger partial charge in [0.25, 0.3) is 5.91 Å². The Hall–Kier alpha value is -4.78. The third-order valence-corrected chi connectivity index (χ3v) is 11.1. The summed E-state index contributed by atoms with van der Waals surface area (Å²) >= 11 is 1.39. The average molecular weight is 720 g/mol. The molecule has 0 unspecified atom stereocenters. The number of rotatable bonds is 9. The number of halogens is 3. The summed E-state index contributed by atoms with van der Waals surface area (Å²) in [7, 11) is 0. The van der Waals surface area contributed by atoms with E-state index in [9.17, 15) is 32.7 Å². The molecule has 0 saturated carbocycles. The molecule has 2 amide bonds. The Kier molecular flexibility index (Phi) is 10.2. The van der Waals surface area contributed by atoms with Gasteiger partial charge in [-0.05, 0) is 59.6 Å². The molecule has 2 fully saturated rings. The van der Waals surface area contributed by atoms with Crippen LogP contribution in [0.4, 0.5) is 18.9 Å². The van der Waals surface area contributed by atoms with Crippen molar-refractivity contribution in [2.75, 3.05) is 31.1 Å². The van der Waals surface area contributed by atoms with E-state index < -0.39 is 29.7 Å². The summed E-state index contributed by atoms with van der Waals surface area (Å²) in [4.78, 5) is 52.5. The van der Waals surface area contributed by atoms with E-state index in [0.717, 1.165) is 65.3 Å². The summed E-state index contributed by atoms with van der Waals surface area (Å²) in [5, 5.41) is 12.2. The summed E-state index contributed by atoms with van der Waals surface area (Å²) in [5.41, 5.74) is 2.61. The van der Waals surface area contributed by atoms with Gasteiger partial charge in [0.2, 0.25) is 5.91 Å². The van der Waals surface area contributed by atoms with Gasteiger partial charge >= 0.3 is 12.1 Å². The molecule has 6 rings (SSSR count). The monoisotopic (exact) mass is 719 g/mol. The molecule has 13 heteroatoms. The molecule has 2 aromatic carbocycles. The van der Waals surface area contributed by atoms with Crippen molar-refractivity contribution < 1.29 is 32.7 Å². The number of alkyl halides is 3. The quantitative estimate of drug-likeness (QED) is 0.196.